The topological polar surface area (TPSA) is 20.3 Å². The number of benzene rings is 1. The van der Waals surface area contributed by atoms with Crippen molar-refractivity contribution in [1.29, 1.82) is 0 Å². The summed E-state index contributed by atoms with van der Waals surface area (Å²) in [6.45, 7) is 4.33. The lowest BCUT2D eigenvalue weighted by molar-refractivity contribution is -0.116. The minimum Gasteiger partial charge on any atom is -0.374 e. The third-order valence-corrected chi connectivity index (χ3v) is 2.86. The molecule has 0 aromatic heterocycles. The zero-order valence-electron chi connectivity index (χ0n) is 9.38. The molecule has 2 nitrogen and oxygen atoms in total. The molecule has 1 aromatic rings. The van der Waals surface area contributed by atoms with Gasteiger partial charge in [-0.05, 0) is 31.5 Å². The van der Waals surface area contributed by atoms with Gasteiger partial charge in [-0.3, -0.25) is 4.79 Å². The van der Waals surface area contributed by atoms with Crippen molar-refractivity contribution in [2.75, 3.05) is 18.5 Å². The predicted octanol–water partition coefficient (Wildman–Crippen LogP) is 3.06. The molecule has 0 atom stereocenters. The summed E-state index contributed by atoms with van der Waals surface area (Å²) < 4.78 is 0. The molecule has 0 aliphatic carbocycles. The molecule has 3 heteroatoms. The molecule has 0 fully saturated rings. The van der Waals surface area contributed by atoms with Gasteiger partial charge < -0.3 is 4.90 Å². The van der Waals surface area contributed by atoms with Gasteiger partial charge in [0.25, 0.3) is 0 Å². The van der Waals surface area contributed by atoms with Gasteiger partial charge in [0.05, 0.1) is 0 Å². The van der Waals surface area contributed by atoms with E-state index in [2.05, 4.69) is 4.90 Å². The molecular formula is C12H16ClNO. The Balaban J connectivity index is 2.77. The number of hydrogen-bond donors (Lipinski definition) is 0. The van der Waals surface area contributed by atoms with Crippen molar-refractivity contribution in [3.63, 3.8) is 0 Å². The fourth-order valence-corrected chi connectivity index (χ4v) is 1.62. The van der Waals surface area contributed by atoms with E-state index >= 15 is 0 Å². The van der Waals surface area contributed by atoms with Crippen LogP contribution < -0.4 is 4.90 Å². The number of anilines is 1. The maximum absolute atomic E-state index is 10.9. The van der Waals surface area contributed by atoms with Gasteiger partial charge in [-0.25, -0.2) is 0 Å². The Bertz CT molecular complexity index is 363. The number of ketones is 1. The monoisotopic (exact) mass is 225 g/mol. The molecule has 0 heterocycles. The summed E-state index contributed by atoms with van der Waals surface area (Å²) in [5, 5.41) is 0.766. The standard InChI is InChI=1S/C12H16ClNO/c1-9(15)7-8-14(3)12-6-4-5-11(13)10(12)2/h4-6H,7-8H2,1-3H3. The van der Waals surface area contributed by atoms with Gasteiger partial charge >= 0.3 is 0 Å². The number of rotatable bonds is 4. The van der Waals surface area contributed by atoms with Crippen molar-refractivity contribution in [2.24, 2.45) is 0 Å². The summed E-state index contributed by atoms with van der Waals surface area (Å²) >= 11 is 6.03. The van der Waals surface area contributed by atoms with Crippen LogP contribution in [0.15, 0.2) is 18.2 Å². The highest BCUT2D eigenvalue weighted by Gasteiger charge is 2.07. The maximum Gasteiger partial charge on any atom is 0.131 e. The van der Waals surface area contributed by atoms with Gasteiger partial charge in [0.15, 0.2) is 0 Å². The second kappa shape index (κ2) is 5.17. The van der Waals surface area contributed by atoms with Crippen LogP contribution in [0.5, 0.6) is 0 Å². The van der Waals surface area contributed by atoms with Crippen molar-refractivity contribution in [3.05, 3.63) is 28.8 Å². The van der Waals surface area contributed by atoms with Gasteiger partial charge in [0, 0.05) is 30.7 Å². The van der Waals surface area contributed by atoms with Crippen LogP contribution in [0.2, 0.25) is 5.02 Å². The van der Waals surface area contributed by atoms with E-state index in [1.165, 1.54) is 0 Å². The largest absolute Gasteiger partial charge is 0.374 e. The number of hydrogen-bond acceptors (Lipinski definition) is 2. The van der Waals surface area contributed by atoms with Gasteiger partial charge in [-0.2, -0.15) is 0 Å². The van der Waals surface area contributed by atoms with Gasteiger partial charge in [-0.15, -0.1) is 0 Å². The van der Waals surface area contributed by atoms with Gasteiger partial charge in [0.2, 0.25) is 0 Å². The SMILES string of the molecule is CC(=O)CCN(C)c1cccc(Cl)c1C. The molecule has 0 amide bonds. The molecule has 0 radical (unpaired) electrons. The molecule has 15 heavy (non-hydrogen) atoms. The first kappa shape index (κ1) is 12.1. The smallest absolute Gasteiger partial charge is 0.131 e. The minimum atomic E-state index is 0.210. The van der Waals surface area contributed by atoms with Gasteiger partial charge in [-0.1, -0.05) is 17.7 Å². The van der Waals surface area contributed by atoms with Crippen molar-refractivity contribution in [1.82, 2.24) is 0 Å². The minimum absolute atomic E-state index is 0.210. The third kappa shape index (κ3) is 3.24. The van der Waals surface area contributed by atoms with Crippen LogP contribution in [-0.2, 0) is 4.79 Å². The Kier molecular flexibility index (Phi) is 4.15. The number of carbonyl (C=O) groups is 1. The summed E-state index contributed by atoms with van der Waals surface area (Å²) in [7, 11) is 1.97. The van der Waals surface area contributed by atoms with E-state index in [-0.39, 0.29) is 5.78 Å². The van der Waals surface area contributed by atoms with Crippen LogP contribution in [0, 0.1) is 6.92 Å². The van der Waals surface area contributed by atoms with E-state index in [0.29, 0.717) is 6.42 Å². The maximum atomic E-state index is 10.9. The summed E-state index contributed by atoms with van der Waals surface area (Å²) in [5.74, 6) is 0.210. The molecule has 0 bridgehead atoms. The fraction of sp³-hybridized carbons (Fsp3) is 0.417. The van der Waals surface area contributed by atoms with Crippen LogP contribution in [0.1, 0.15) is 18.9 Å². The lowest BCUT2D eigenvalue weighted by Crippen LogP contribution is -2.21. The molecule has 0 saturated carbocycles. The van der Waals surface area contributed by atoms with Crippen molar-refractivity contribution >= 4 is 23.1 Å². The summed E-state index contributed by atoms with van der Waals surface area (Å²) in [4.78, 5) is 12.9. The van der Waals surface area contributed by atoms with E-state index in [0.717, 1.165) is 22.8 Å². The van der Waals surface area contributed by atoms with E-state index in [9.17, 15) is 4.79 Å². The number of nitrogens with zero attached hydrogens (tertiary/aromatic N) is 1. The highest BCUT2D eigenvalue weighted by Crippen LogP contribution is 2.25. The molecule has 0 saturated heterocycles. The van der Waals surface area contributed by atoms with Crippen LogP contribution in [0.4, 0.5) is 5.69 Å². The lowest BCUT2D eigenvalue weighted by atomic mass is 10.1. The molecular weight excluding hydrogens is 210 g/mol. The van der Waals surface area contributed by atoms with Crippen molar-refractivity contribution < 1.29 is 4.79 Å². The highest BCUT2D eigenvalue weighted by atomic mass is 35.5. The second-order valence-electron chi connectivity index (χ2n) is 3.76. The number of halogens is 1. The molecule has 0 unspecified atom stereocenters. The Morgan fingerprint density at radius 3 is 2.73 bits per heavy atom. The first-order chi connectivity index (χ1) is 7.02. The predicted molar refractivity (Wildman–Crippen MR) is 64.8 cm³/mol. The number of Topliss-reactive ketones (excluding diaryl/α,β-unsaturated/α-hetero) is 1. The summed E-state index contributed by atoms with van der Waals surface area (Å²) in [6.07, 6.45) is 0.572. The first-order valence-corrected chi connectivity index (χ1v) is 5.36. The Hall–Kier alpha value is -1.02. The van der Waals surface area contributed by atoms with Crippen molar-refractivity contribution in [2.45, 2.75) is 20.3 Å². The summed E-state index contributed by atoms with van der Waals surface area (Å²) in [6, 6.07) is 5.81. The van der Waals surface area contributed by atoms with E-state index in [1.807, 2.05) is 32.2 Å². The van der Waals surface area contributed by atoms with E-state index in [4.69, 9.17) is 11.6 Å². The zero-order chi connectivity index (χ0) is 11.4. The van der Waals surface area contributed by atoms with Crippen LogP contribution in [0.3, 0.4) is 0 Å². The molecule has 0 spiro atoms. The Labute approximate surface area is 95.8 Å². The highest BCUT2D eigenvalue weighted by molar-refractivity contribution is 6.31. The average Bonchev–Trinajstić information content (AvgIpc) is 2.18. The van der Waals surface area contributed by atoms with Crippen molar-refractivity contribution in [3.8, 4) is 0 Å². The first-order valence-electron chi connectivity index (χ1n) is 4.98. The Morgan fingerprint density at radius 1 is 1.47 bits per heavy atom. The molecule has 0 aliphatic rings. The zero-order valence-corrected chi connectivity index (χ0v) is 10.1. The Morgan fingerprint density at radius 2 is 2.13 bits per heavy atom. The van der Waals surface area contributed by atoms with E-state index in [1.54, 1.807) is 6.92 Å². The lowest BCUT2D eigenvalue weighted by Gasteiger charge is -2.21. The number of carbonyl (C=O) groups excluding carboxylic acids is 1. The molecule has 1 rings (SSSR count). The third-order valence-electron chi connectivity index (χ3n) is 2.45. The quantitative estimate of drug-likeness (QED) is 0.785. The average molecular weight is 226 g/mol. The normalized spacial score (nSPS) is 10.1. The summed E-state index contributed by atoms with van der Waals surface area (Å²) in [5.41, 5.74) is 2.15. The van der Waals surface area contributed by atoms with E-state index < -0.39 is 0 Å². The molecule has 1 aromatic carbocycles. The molecule has 0 aliphatic heterocycles. The fourth-order valence-electron chi connectivity index (χ4n) is 1.46. The second-order valence-corrected chi connectivity index (χ2v) is 4.16. The van der Waals surface area contributed by atoms with Gasteiger partial charge in [0.1, 0.15) is 5.78 Å². The van der Waals surface area contributed by atoms with Crippen LogP contribution in [-0.4, -0.2) is 19.4 Å². The van der Waals surface area contributed by atoms with Crippen LogP contribution >= 0.6 is 11.6 Å². The van der Waals surface area contributed by atoms with Crippen LogP contribution in [0.25, 0.3) is 0 Å². The molecule has 0 N–H and O–H groups in total. The molecule has 82 valence electrons.